The van der Waals surface area contributed by atoms with Crippen LogP contribution >= 0.6 is 0 Å². The van der Waals surface area contributed by atoms with Crippen LogP contribution in [0.1, 0.15) is 29.7 Å². The maximum absolute atomic E-state index is 12.3. The summed E-state index contributed by atoms with van der Waals surface area (Å²) in [5, 5.41) is 5.97. The summed E-state index contributed by atoms with van der Waals surface area (Å²) in [5.41, 5.74) is 0.984. The van der Waals surface area contributed by atoms with Crippen LogP contribution in [0.5, 0.6) is 5.75 Å². The average molecular weight is 300 g/mol. The highest BCUT2D eigenvalue weighted by atomic mass is 16.5. The molecule has 0 unspecified atom stereocenters. The predicted octanol–water partition coefficient (Wildman–Crippen LogP) is 2.87. The first-order valence-electron chi connectivity index (χ1n) is 7.17. The summed E-state index contributed by atoms with van der Waals surface area (Å²) in [6, 6.07) is 8.83. The Morgan fingerprint density at radius 3 is 2.82 bits per heavy atom. The van der Waals surface area contributed by atoms with E-state index in [0.29, 0.717) is 28.8 Å². The van der Waals surface area contributed by atoms with Crippen LogP contribution in [0.25, 0.3) is 0 Å². The number of nitrogens with zero attached hydrogens (tertiary/aromatic N) is 2. The number of hydrogen-bond donors (Lipinski definition) is 2. The fraction of sp³-hybridized carbons (Fsp3) is 0.312. The molecule has 2 rings (SSSR count). The fourth-order valence-corrected chi connectivity index (χ4v) is 1.92. The molecule has 1 heterocycles. The molecular weight excluding hydrogens is 280 g/mol. The Kier molecular flexibility index (Phi) is 5.30. The number of methoxy groups -OCH3 is 1. The summed E-state index contributed by atoms with van der Waals surface area (Å²) in [5.74, 6) is 1.61. The Labute approximate surface area is 129 Å². The van der Waals surface area contributed by atoms with Crippen LogP contribution in [0.15, 0.2) is 30.3 Å². The van der Waals surface area contributed by atoms with Gasteiger partial charge in [0.05, 0.1) is 7.11 Å². The molecule has 0 saturated heterocycles. The Hall–Kier alpha value is -2.63. The van der Waals surface area contributed by atoms with Gasteiger partial charge in [-0.1, -0.05) is 13.0 Å². The minimum Gasteiger partial charge on any atom is -0.497 e. The maximum atomic E-state index is 12.3. The van der Waals surface area contributed by atoms with Crippen LogP contribution in [-0.4, -0.2) is 29.5 Å². The molecule has 22 heavy (non-hydrogen) atoms. The third-order valence-electron chi connectivity index (χ3n) is 2.95. The number of ether oxygens (including phenoxy) is 1. The van der Waals surface area contributed by atoms with E-state index in [1.54, 1.807) is 32.2 Å². The van der Waals surface area contributed by atoms with Crippen molar-refractivity contribution in [2.45, 2.75) is 20.3 Å². The van der Waals surface area contributed by atoms with Gasteiger partial charge in [-0.15, -0.1) is 0 Å². The molecule has 1 amide bonds. The van der Waals surface area contributed by atoms with E-state index in [4.69, 9.17) is 4.74 Å². The van der Waals surface area contributed by atoms with Gasteiger partial charge in [0.25, 0.3) is 5.91 Å². The molecule has 2 aromatic rings. The number of benzene rings is 1. The zero-order chi connectivity index (χ0) is 15.9. The van der Waals surface area contributed by atoms with Crippen molar-refractivity contribution >= 4 is 17.4 Å². The van der Waals surface area contributed by atoms with E-state index in [-0.39, 0.29) is 5.91 Å². The highest BCUT2D eigenvalue weighted by Crippen LogP contribution is 2.17. The van der Waals surface area contributed by atoms with E-state index in [2.05, 4.69) is 27.5 Å². The van der Waals surface area contributed by atoms with E-state index < -0.39 is 0 Å². The minimum absolute atomic E-state index is 0.279. The second-order valence-corrected chi connectivity index (χ2v) is 4.80. The smallest absolute Gasteiger partial charge is 0.274 e. The third-order valence-corrected chi connectivity index (χ3v) is 2.95. The zero-order valence-corrected chi connectivity index (χ0v) is 13.0. The van der Waals surface area contributed by atoms with Gasteiger partial charge in [-0.05, 0) is 25.5 Å². The van der Waals surface area contributed by atoms with Gasteiger partial charge in [0.15, 0.2) is 0 Å². The van der Waals surface area contributed by atoms with Gasteiger partial charge in [-0.3, -0.25) is 4.79 Å². The van der Waals surface area contributed by atoms with Gasteiger partial charge in [0.2, 0.25) is 0 Å². The molecule has 0 aliphatic carbocycles. The van der Waals surface area contributed by atoms with Crippen molar-refractivity contribution in [2.24, 2.45) is 0 Å². The van der Waals surface area contributed by atoms with Gasteiger partial charge in [-0.2, -0.15) is 0 Å². The molecule has 6 heteroatoms. The molecule has 1 aromatic carbocycles. The quantitative estimate of drug-likeness (QED) is 0.858. The predicted molar refractivity (Wildman–Crippen MR) is 86.5 cm³/mol. The third kappa shape index (κ3) is 4.18. The topological polar surface area (TPSA) is 76.1 Å². The van der Waals surface area contributed by atoms with Crippen molar-refractivity contribution in [3.63, 3.8) is 0 Å². The molecule has 0 radical (unpaired) electrons. The number of hydrogen-bond acceptors (Lipinski definition) is 5. The van der Waals surface area contributed by atoms with Crippen molar-refractivity contribution in [1.82, 2.24) is 9.97 Å². The first-order valence-corrected chi connectivity index (χ1v) is 7.17. The summed E-state index contributed by atoms with van der Waals surface area (Å²) in [6.07, 6.45) is 0.981. The van der Waals surface area contributed by atoms with Gasteiger partial charge in [0.1, 0.15) is 23.1 Å². The lowest BCUT2D eigenvalue weighted by molar-refractivity contribution is 0.102. The number of nitrogens with one attached hydrogen (secondary N) is 2. The molecular formula is C16H20N4O2. The molecule has 1 aromatic heterocycles. The summed E-state index contributed by atoms with van der Waals surface area (Å²) in [4.78, 5) is 20.8. The van der Waals surface area contributed by atoms with Crippen LogP contribution in [0.3, 0.4) is 0 Å². The monoisotopic (exact) mass is 300 g/mol. The Morgan fingerprint density at radius 2 is 2.09 bits per heavy atom. The van der Waals surface area contributed by atoms with E-state index in [0.717, 1.165) is 13.0 Å². The highest BCUT2D eigenvalue weighted by molar-refractivity contribution is 6.03. The first kappa shape index (κ1) is 15.8. The average Bonchev–Trinajstić information content (AvgIpc) is 2.52. The van der Waals surface area contributed by atoms with Crippen LogP contribution in [0, 0.1) is 6.92 Å². The van der Waals surface area contributed by atoms with Crippen molar-refractivity contribution in [2.75, 3.05) is 24.3 Å². The van der Waals surface area contributed by atoms with Crippen LogP contribution in [0.2, 0.25) is 0 Å². The van der Waals surface area contributed by atoms with Crippen LogP contribution in [0.4, 0.5) is 11.5 Å². The Morgan fingerprint density at radius 1 is 1.27 bits per heavy atom. The molecule has 2 N–H and O–H groups in total. The van der Waals surface area contributed by atoms with E-state index in [9.17, 15) is 4.79 Å². The largest absolute Gasteiger partial charge is 0.497 e. The number of carbonyl (C=O) groups is 1. The summed E-state index contributed by atoms with van der Waals surface area (Å²) >= 11 is 0. The van der Waals surface area contributed by atoms with Crippen molar-refractivity contribution in [1.29, 1.82) is 0 Å². The Bertz CT molecular complexity index is 658. The van der Waals surface area contributed by atoms with E-state index in [1.807, 2.05) is 12.1 Å². The maximum Gasteiger partial charge on any atom is 0.274 e. The lowest BCUT2D eigenvalue weighted by Gasteiger charge is -2.09. The number of aromatic nitrogens is 2. The van der Waals surface area contributed by atoms with Crippen molar-refractivity contribution < 1.29 is 9.53 Å². The Balaban J connectivity index is 2.16. The van der Waals surface area contributed by atoms with Gasteiger partial charge in [-0.25, -0.2) is 9.97 Å². The fourth-order valence-electron chi connectivity index (χ4n) is 1.92. The summed E-state index contributed by atoms with van der Waals surface area (Å²) in [7, 11) is 1.58. The molecule has 0 saturated carbocycles. The molecule has 116 valence electrons. The molecule has 0 fully saturated rings. The van der Waals surface area contributed by atoms with Crippen molar-refractivity contribution in [3.05, 3.63) is 41.9 Å². The number of carbonyl (C=O) groups excluding carboxylic acids is 1. The van der Waals surface area contributed by atoms with Gasteiger partial charge >= 0.3 is 0 Å². The molecule has 6 nitrogen and oxygen atoms in total. The number of amides is 1. The summed E-state index contributed by atoms with van der Waals surface area (Å²) in [6.45, 7) is 4.63. The van der Waals surface area contributed by atoms with Crippen LogP contribution < -0.4 is 15.4 Å². The minimum atomic E-state index is -0.279. The molecule has 0 aliphatic heterocycles. The normalized spacial score (nSPS) is 10.1. The number of anilines is 2. The first-order chi connectivity index (χ1) is 10.6. The molecule has 0 spiro atoms. The number of aryl methyl sites for hydroxylation is 1. The second kappa shape index (κ2) is 7.40. The van der Waals surface area contributed by atoms with Gasteiger partial charge < -0.3 is 15.4 Å². The highest BCUT2D eigenvalue weighted by Gasteiger charge is 2.11. The zero-order valence-electron chi connectivity index (χ0n) is 13.0. The van der Waals surface area contributed by atoms with E-state index in [1.165, 1.54) is 0 Å². The summed E-state index contributed by atoms with van der Waals surface area (Å²) < 4.78 is 5.14. The lowest BCUT2D eigenvalue weighted by atomic mass is 10.2. The second-order valence-electron chi connectivity index (χ2n) is 4.80. The van der Waals surface area contributed by atoms with Crippen molar-refractivity contribution in [3.8, 4) is 5.75 Å². The number of rotatable bonds is 6. The molecule has 0 atom stereocenters. The lowest BCUT2D eigenvalue weighted by Crippen LogP contribution is -2.16. The molecule has 0 aliphatic rings. The van der Waals surface area contributed by atoms with E-state index >= 15 is 0 Å². The SMILES string of the molecule is CCCNc1cc(C(=O)Nc2cccc(OC)c2)nc(C)n1. The molecule has 0 bridgehead atoms. The van der Waals surface area contributed by atoms with Gasteiger partial charge in [0, 0.05) is 24.4 Å². The van der Waals surface area contributed by atoms with Crippen LogP contribution in [-0.2, 0) is 0 Å². The standard InChI is InChI=1S/C16H20N4O2/c1-4-8-17-15-10-14(18-11(2)19-15)16(21)20-12-6-5-7-13(9-12)22-3/h5-7,9-10H,4,8H2,1-3H3,(H,20,21)(H,17,18,19).